The van der Waals surface area contributed by atoms with Crippen molar-refractivity contribution in [3.63, 3.8) is 0 Å². The molecule has 2 N–H and O–H groups in total. The fourth-order valence-electron chi connectivity index (χ4n) is 3.08. The molecular weight excluding hydrogens is 524 g/mol. The molecule has 0 radical (unpaired) electrons. The number of guanidine groups is 1. The Hall–Kier alpha value is -3.95. The number of nitrogens with zero attached hydrogens (tertiary/aromatic N) is 4. The Bertz CT molecular complexity index is 1250. The number of carbonyl (C=O) groups excluding carboxylic acids is 1. The minimum absolute atomic E-state index is 0.00891. The van der Waals surface area contributed by atoms with Gasteiger partial charge in [-0.3, -0.25) is 0 Å². The summed E-state index contributed by atoms with van der Waals surface area (Å²) >= 11 is 12.1. The number of alkyl carbamates (subject to hydrolysis) is 1. The third-order valence-corrected chi connectivity index (χ3v) is 5.22. The van der Waals surface area contributed by atoms with Gasteiger partial charge < -0.3 is 20.1 Å². The second-order valence-electron chi connectivity index (χ2n) is 7.02. The third kappa shape index (κ3) is 7.27. The average Bonchev–Trinajstić information content (AvgIpc) is 3.22. The number of ether oxygens (including phenoxy) is 2. The van der Waals surface area contributed by atoms with Gasteiger partial charge in [-0.25, -0.2) is 9.80 Å². The summed E-state index contributed by atoms with van der Waals surface area (Å²) in [5.74, 6) is -0.599. The highest BCUT2D eigenvalue weighted by atomic mass is 35.5. The van der Waals surface area contributed by atoms with Gasteiger partial charge in [0.2, 0.25) is 12.2 Å². The molecular formula is C22H17Cl2F3N6O3. The van der Waals surface area contributed by atoms with Crippen LogP contribution in [-0.2, 0) is 4.74 Å². The topological polar surface area (TPSA) is 111 Å². The van der Waals surface area contributed by atoms with Crippen LogP contribution in [-0.4, -0.2) is 48.3 Å². The monoisotopic (exact) mass is 540 g/mol. The first kappa shape index (κ1) is 26.7. The van der Waals surface area contributed by atoms with E-state index in [1.807, 2.05) is 0 Å². The predicted molar refractivity (Wildman–Crippen MR) is 128 cm³/mol. The van der Waals surface area contributed by atoms with E-state index in [4.69, 9.17) is 27.9 Å². The number of benzene rings is 2. The highest BCUT2D eigenvalue weighted by Gasteiger charge is 2.33. The first-order valence-electron chi connectivity index (χ1n) is 10.0. The lowest BCUT2D eigenvalue weighted by molar-refractivity contribution is -0.274. The lowest BCUT2D eigenvalue weighted by Gasteiger charge is -2.19. The molecule has 1 amide bonds. The molecule has 0 fully saturated rings. The summed E-state index contributed by atoms with van der Waals surface area (Å²) in [6.45, 7) is 3.44. The maximum absolute atomic E-state index is 12.6. The number of anilines is 1. The highest BCUT2D eigenvalue weighted by molar-refractivity contribution is 6.42. The number of hydrogen-bond acceptors (Lipinski definition) is 6. The van der Waals surface area contributed by atoms with E-state index < -0.39 is 24.2 Å². The van der Waals surface area contributed by atoms with Crippen LogP contribution >= 0.6 is 23.2 Å². The minimum Gasteiger partial charge on any atom is -0.445 e. The van der Waals surface area contributed by atoms with Crippen molar-refractivity contribution >= 4 is 46.7 Å². The third-order valence-electron chi connectivity index (χ3n) is 4.48. The van der Waals surface area contributed by atoms with E-state index in [1.165, 1.54) is 23.2 Å². The van der Waals surface area contributed by atoms with Gasteiger partial charge in [-0.15, -0.1) is 18.2 Å². The Labute approximate surface area is 213 Å². The fraction of sp³-hybridized carbons (Fsp3) is 0.182. The molecule has 36 heavy (non-hydrogen) atoms. The zero-order valence-electron chi connectivity index (χ0n) is 18.2. The summed E-state index contributed by atoms with van der Waals surface area (Å²) < 4.78 is 46.6. The Balaban J connectivity index is 1.90. The molecule has 2 aromatic carbocycles. The molecule has 0 aromatic heterocycles. The zero-order valence-corrected chi connectivity index (χ0v) is 19.7. The first-order chi connectivity index (χ1) is 17.1. The van der Waals surface area contributed by atoms with E-state index in [2.05, 4.69) is 32.0 Å². The van der Waals surface area contributed by atoms with Gasteiger partial charge in [-0.2, -0.15) is 10.4 Å². The minimum atomic E-state index is -4.88. The first-order valence-corrected chi connectivity index (χ1v) is 10.8. The average molecular weight is 541 g/mol. The second-order valence-corrected chi connectivity index (χ2v) is 7.83. The number of carbonyl (C=O) groups is 1. The van der Waals surface area contributed by atoms with E-state index in [1.54, 1.807) is 24.4 Å². The fourth-order valence-corrected chi connectivity index (χ4v) is 3.38. The van der Waals surface area contributed by atoms with Crippen molar-refractivity contribution in [1.29, 1.82) is 5.26 Å². The highest BCUT2D eigenvalue weighted by Crippen LogP contribution is 2.27. The molecule has 0 bridgehead atoms. The van der Waals surface area contributed by atoms with Crippen LogP contribution in [0.25, 0.3) is 0 Å². The summed E-state index contributed by atoms with van der Waals surface area (Å²) in [5.41, 5.74) is 0.988. The molecule has 14 heteroatoms. The molecule has 188 valence electrons. The normalized spacial score (nSPS) is 15.6. The van der Waals surface area contributed by atoms with E-state index in [-0.39, 0.29) is 29.8 Å². The standard InChI is InChI=1S/C22H17Cl2F3N6O3/c1-2-8-35-21(34)31-18-11-33(32-19(18)13-6-7-16(23)17(24)9-13)20(29-12-28)30-14-4-3-5-15(10-14)36-22(25,26)27/h2-7,9-10,18H,1,8,11H2,(H,29,30)(H,31,34). The molecule has 1 unspecified atom stereocenters. The number of aliphatic imine (C=N–C) groups is 1. The molecule has 1 aliphatic rings. The molecule has 9 nitrogen and oxygen atoms in total. The molecule has 3 rings (SSSR count). The maximum Gasteiger partial charge on any atom is 0.573 e. The van der Waals surface area contributed by atoms with Crippen molar-refractivity contribution < 1.29 is 27.4 Å². The molecule has 0 saturated carbocycles. The molecule has 0 saturated heterocycles. The lowest BCUT2D eigenvalue weighted by atomic mass is 10.0. The number of rotatable bonds is 6. The van der Waals surface area contributed by atoms with Crippen molar-refractivity contribution in [3.05, 3.63) is 70.7 Å². The largest absolute Gasteiger partial charge is 0.573 e. The van der Waals surface area contributed by atoms with Crippen LogP contribution in [0.5, 0.6) is 5.75 Å². The predicted octanol–water partition coefficient (Wildman–Crippen LogP) is 5.14. The van der Waals surface area contributed by atoms with Gasteiger partial charge in [0.05, 0.1) is 28.3 Å². The Morgan fingerprint density at radius 1 is 1.31 bits per heavy atom. The van der Waals surface area contributed by atoms with Crippen molar-refractivity contribution in [2.45, 2.75) is 12.4 Å². The zero-order chi connectivity index (χ0) is 26.3. The number of halogens is 5. The number of nitrogens with one attached hydrogen (secondary N) is 2. The molecule has 1 heterocycles. The maximum atomic E-state index is 12.6. The number of amides is 1. The summed E-state index contributed by atoms with van der Waals surface area (Å²) in [7, 11) is 0. The quantitative estimate of drug-likeness (QED) is 0.227. The Kier molecular flexibility index (Phi) is 8.63. The van der Waals surface area contributed by atoms with Crippen LogP contribution in [0, 0.1) is 11.5 Å². The van der Waals surface area contributed by atoms with Gasteiger partial charge in [0.1, 0.15) is 12.4 Å². The SMILES string of the molecule is C=CCOC(=O)NC1CN(/C(=N\C#N)Nc2cccc(OC(F)(F)F)c2)N=C1c1ccc(Cl)c(Cl)c1. The van der Waals surface area contributed by atoms with E-state index in [0.29, 0.717) is 16.3 Å². The van der Waals surface area contributed by atoms with Gasteiger partial charge >= 0.3 is 12.5 Å². The second kappa shape index (κ2) is 11.7. The number of nitriles is 1. The lowest BCUT2D eigenvalue weighted by Crippen LogP contribution is -2.44. The molecule has 2 aromatic rings. The van der Waals surface area contributed by atoms with Crippen LogP contribution < -0.4 is 15.4 Å². The summed E-state index contributed by atoms with van der Waals surface area (Å²) in [6.07, 6.45) is -2.62. The van der Waals surface area contributed by atoms with E-state index in [9.17, 15) is 23.2 Å². The van der Waals surface area contributed by atoms with Gasteiger partial charge in [0.15, 0.2) is 0 Å². The van der Waals surface area contributed by atoms with Gasteiger partial charge in [0, 0.05) is 17.3 Å². The number of alkyl halides is 3. The molecule has 0 spiro atoms. The number of hydrazone groups is 1. The Morgan fingerprint density at radius 2 is 2.08 bits per heavy atom. The Morgan fingerprint density at radius 3 is 2.75 bits per heavy atom. The summed E-state index contributed by atoms with van der Waals surface area (Å²) in [6, 6.07) is 8.93. The molecule has 1 atom stereocenters. The van der Waals surface area contributed by atoms with E-state index >= 15 is 0 Å². The van der Waals surface area contributed by atoms with Crippen LogP contribution in [0.2, 0.25) is 10.0 Å². The van der Waals surface area contributed by atoms with Gasteiger partial charge in [-0.05, 0) is 24.3 Å². The van der Waals surface area contributed by atoms with Gasteiger partial charge in [0.25, 0.3) is 0 Å². The van der Waals surface area contributed by atoms with Crippen molar-refractivity contribution in [2.75, 3.05) is 18.5 Å². The molecule has 1 aliphatic heterocycles. The van der Waals surface area contributed by atoms with Crippen LogP contribution in [0.15, 0.2) is 65.2 Å². The van der Waals surface area contributed by atoms with Crippen molar-refractivity contribution in [1.82, 2.24) is 10.3 Å². The van der Waals surface area contributed by atoms with Gasteiger partial charge in [-0.1, -0.05) is 48.0 Å². The van der Waals surface area contributed by atoms with Crippen LogP contribution in [0.1, 0.15) is 5.56 Å². The number of hydrogen-bond donors (Lipinski definition) is 2. The van der Waals surface area contributed by atoms with Crippen LogP contribution in [0.3, 0.4) is 0 Å². The van der Waals surface area contributed by atoms with E-state index in [0.717, 1.165) is 12.1 Å². The summed E-state index contributed by atoms with van der Waals surface area (Å²) in [5, 5.41) is 20.8. The van der Waals surface area contributed by atoms with Crippen molar-refractivity contribution in [3.8, 4) is 11.9 Å². The smallest absolute Gasteiger partial charge is 0.445 e. The van der Waals surface area contributed by atoms with Crippen molar-refractivity contribution in [2.24, 2.45) is 10.1 Å². The van der Waals surface area contributed by atoms with Crippen LogP contribution in [0.4, 0.5) is 23.7 Å². The summed E-state index contributed by atoms with van der Waals surface area (Å²) in [4.78, 5) is 15.9. The molecule has 0 aliphatic carbocycles.